The van der Waals surface area contributed by atoms with Crippen molar-refractivity contribution in [3.63, 3.8) is 0 Å². The summed E-state index contributed by atoms with van der Waals surface area (Å²) in [4.78, 5) is 10.8. The molecule has 4 nitrogen and oxygen atoms in total. The molecule has 2 saturated carbocycles. The van der Waals surface area contributed by atoms with Crippen LogP contribution in [-0.2, 0) is 11.3 Å². The summed E-state index contributed by atoms with van der Waals surface area (Å²) in [7, 11) is 0. The minimum Gasteiger partial charge on any atom is -0.494 e. The third-order valence-corrected chi connectivity index (χ3v) is 5.78. The van der Waals surface area contributed by atoms with Crippen LogP contribution in [0.2, 0.25) is 0 Å². The Hall–Kier alpha value is -1.45. The van der Waals surface area contributed by atoms with Crippen LogP contribution in [0.3, 0.4) is 0 Å². The number of carbonyl (C=O) groups is 1. The normalized spacial score (nSPS) is 26.4. The molecule has 3 rings (SSSR count). The topological polar surface area (TPSA) is 62.5 Å². The molecule has 1 heterocycles. The maximum atomic E-state index is 10.8. The number of hydrogen-bond acceptors (Lipinski definition) is 3. The summed E-state index contributed by atoms with van der Waals surface area (Å²) in [6.07, 6.45) is 9.59. The van der Waals surface area contributed by atoms with Gasteiger partial charge in [-0.05, 0) is 57.3 Å². The third-order valence-electron chi connectivity index (χ3n) is 5.78. The van der Waals surface area contributed by atoms with Gasteiger partial charge in [-0.25, -0.2) is 0 Å². The number of hydrogen-bond donors (Lipinski definition) is 2. The summed E-state index contributed by atoms with van der Waals surface area (Å²) in [5.41, 5.74) is 1.82. The molecule has 0 saturated heterocycles. The Morgan fingerprint density at radius 1 is 1.05 bits per heavy atom. The SMILES string of the molecule is Cc1c(C2CCCC2)c(O)n(CC2CCC(C=O)CC2)c1O. The average Bonchev–Trinajstić information content (AvgIpc) is 3.12. The summed E-state index contributed by atoms with van der Waals surface area (Å²) < 4.78 is 1.70. The van der Waals surface area contributed by atoms with E-state index >= 15 is 0 Å². The van der Waals surface area contributed by atoms with E-state index in [0.717, 1.165) is 55.9 Å². The van der Waals surface area contributed by atoms with Crippen molar-refractivity contribution in [1.82, 2.24) is 4.57 Å². The van der Waals surface area contributed by atoms with E-state index in [2.05, 4.69) is 0 Å². The zero-order chi connectivity index (χ0) is 15.7. The first-order chi connectivity index (χ1) is 10.6. The van der Waals surface area contributed by atoms with E-state index in [-0.39, 0.29) is 17.7 Å². The quantitative estimate of drug-likeness (QED) is 0.830. The van der Waals surface area contributed by atoms with Gasteiger partial charge in [-0.15, -0.1) is 0 Å². The van der Waals surface area contributed by atoms with Gasteiger partial charge in [-0.1, -0.05) is 12.8 Å². The number of rotatable bonds is 4. The van der Waals surface area contributed by atoms with Crippen molar-refractivity contribution in [2.24, 2.45) is 11.8 Å². The first-order valence-electron chi connectivity index (χ1n) is 8.68. The second-order valence-electron chi connectivity index (χ2n) is 7.19. The van der Waals surface area contributed by atoms with Crippen molar-refractivity contribution in [2.45, 2.75) is 70.8 Å². The lowest BCUT2D eigenvalue weighted by Gasteiger charge is -2.26. The number of aromatic nitrogens is 1. The molecule has 0 bridgehead atoms. The minimum atomic E-state index is 0.207. The summed E-state index contributed by atoms with van der Waals surface area (Å²) in [6, 6.07) is 0. The van der Waals surface area contributed by atoms with Gasteiger partial charge in [-0.3, -0.25) is 4.57 Å². The summed E-state index contributed by atoms with van der Waals surface area (Å²) in [5.74, 6) is 1.56. The van der Waals surface area contributed by atoms with Gasteiger partial charge in [-0.2, -0.15) is 0 Å². The molecule has 0 aromatic carbocycles. The van der Waals surface area contributed by atoms with Gasteiger partial charge in [0.1, 0.15) is 6.29 Å². The zero-order valence-corrected chi connectivity index (χ0v) is 13.4. The van der Waals surface area contributed by atoms with Gasteiger partial charge in [0.25, 0.3) is 0 Å². The van der Waals surface area contributed by atoms with Crippen LogP contribution in [0.25, 0.3) is 0 Å². The molecule has 1 aromatic rings. The maximum absolute atomic E-state index is 10.8. The molecule has 0 radical (unpaired) electrons. The summed E-state index contributed by atoms with van der Waals surface area (Å²) >= 11 is 0. The molecule has 0 unspecified atom stereocenters. The van der Waals surface area contributed by atoms with Crippen LogP contribution in [0.15, 0.2) is 0 Å². The molecule has 4 heteroatoms. The lowest BCUT2D eigenvalue weighted by atomic mass is 9.83. The first kappa shape index (κ1) is 15.4. The lowest BCUT2D eigenvalue weighted by Crippen LogP contribution is -2.19. The molecule has 0 atom stereocenters. The molecule has 122 valence electrons. The van der Waals surface area contributed by atoms with Crippen LogP contribution in [0, 0.1) is 18.8 Å². The van der Waals surface area contributed by atoms with Crippen molar-refractivity contribution in [3.05, 3.63) is 11.1 Å². The van der Waals surface area contributed by atoms with Crippen LogP contribution in [0.4, 0.5) is 0 Å². The predicted octanol–water partition coefficient (Wildman–Crippen LogP) is 3.87. The second kappa shape index (κ2) is 6.35. The van der Waals surface area contributed by atoms with Crippen molar-refractivity contribution in [1.29, 1.82) is 0 Å². The van der Waals surface area contributed by atoms with E-state index in [1.54, 1.807) is 4.57 Å². The molecule has 1 aromatic heterocycles. The van der Waals surface area contributed by atoms with Crippen molar-refractivity contribution < 1.29 is 15.0 Å². The maximum Gasteiger partial charge on any atom is 0.197 e. The van der Waals surface area contributed by atoms with E-state index in [1.807, 2.05) is 6.92 Å². The van der Waals surface area contributed by atoms with E-state index in [4.69, 9.17) is 0 Å². The van der Waals surface area contributed by atoms with Crippen LogP contribution >= 0.6 is 0 Å². The van der Waals surface area contributed by atoms with Crippen molar-refractivity contribution in [2.75, 3.05) is 0 Å². The molecule has 22 heavy (non-hydrogen) atoms. The Balaban J connectivity index is 1.76. The average molecular weight is 305 g/mol. The molecule has 0 amide bonds. The predicted molar refractivity (Wildman–Crippen MR) is 85.2 cm³/mol. The fourth-order valence-electron chi connectivity index (χ4n) is 4.38. The molecule has 2 N–H and O–H groups in total. The lowest BCUT2D eigenvalue weighted by molar-refractivity contribution is -0.112. The monoisotopic (exact) mass is 305 g/mol. The van der Waals surface area contributed by atoms with Crippen LogP contribution in [-0.4, -0.2) is 21.1 Å². The molecule has 0 aliphatic heterocycles. The molecule has 2 fully saturated rings. The minimum absolute atomic E-state index is 0.207. The van der Waals surface area contributed by atoms with Gasteiger partial charge in [0, 0.05) is 23.6 Å². The van der Waals surface area contributed by atoms with Crippen LogP contribution in [0.1, 0.15) is 68.4 Å². The van der Waals surface area contributed by atoms with Crippen LogP contribution in [0.5, 0.6) is 11.8 Å². The first-order valence-corrected chi connectivity index (χ1v) is 8.68. The highest BCUT2D eigenvalue weighted by Crippen LogP contribution is 2.45. The van der Waals surface area contributed by atoms with Crippen LogP contribution < -0.4 is 0 Å². The second-order valence-corrected chi connectivity index (χ2v) is 7.19. The Bertz CT molecular complexity index is 535. The largest absolute Gasteiger partial charge is 0.494 e. The Kier molecular flexibility index (Phi) is 4.46. The molecule has 0 spiro atoms. The number of carbonyl (C=O) groups excluding carboxylic acids is 1. The highest BCUT2D eigenvalue weighted by molar-refractivity contribution is 5.53. The van der Waals surface area contributed by atoms with E-state index in [1.165, 1.54) is 12.8 Å². The van der Waals surface area contributed by atoms with Gasteiger partial charge < -0.3 is 15.0 Å². The van der Waals surface area contributed by atoms with Gasteiger partial charge in [0.05, 0.1) is 0 Å². The standard InChI is InChI=1S/C18H27NO3/c1-12-16(15-4-2-3-5-15)18(22)19(17(12)21)10-13-6-8-14(11-20)9-7-13/h11,13-15,21-22H,2-10H2,1H3. The molecule has 2 aliphatic carbocycles. The van der Waals surface area contributed by atoms with E-state index in [9.17, 15) is 15.0 Å². The van der Waals surface area contributed by atoms with E-state index < -0.39 is 0 Å². The van der Waals surface area contributed by atoms with Crippen molar-refractivity contribution >= 4 is 6.29 Å². The summed E-state index contributed by atoms with van der Waals surface area (Å²) in [6.45, 7) is 2.58. The fraction of sp³-hybridized carbons (Fsp3) is 0.722. The molecular weight excluding hydrogens is 278 g/mol. The Labute approximate surface area is 132 Å². The number of aldehydes is 1. The zero-order valence-electron chi connectivity index (χ0n) is 13.4. The number of nitrogens with zero attached hydrogens (tertiary/aromatic N) is 1. The van der Waals surface area contributed by atoms with Gasteiger partial charge in [0.2, 0.25) is 0 Å². The van der Waals surface area contributed by atoms with Crippen molar-refractivity contribution in [3.8, 4) is 11.8 Å². The fourth-order valence-corrected chi connectivity index (χ4v) is 4.38. The Morgan fingerprint density at radius 3 is 2.27 bits per heavy atom. The highest BCUT2D eigenvalue weighted by atomic mass is 16.3. The van der Waals surface area contributed by atoms with Gasteiger partial charge >= 0.3 is 0 Å². The molecule has 2 aliphatic rings. The Morgan fingerprint density at radius 2 is 1.68 bits per heavy atom. The smallest absolute Gasteiger partial charge is 0.197 e. The molecular formula is C18H27NO3. The summed E-state index contributed by atoms with van der Waals surface area (Å²) in [5, 5.41) is 21.1. The van der Waals surface area contributed by atoms with E-state index in [0.29, 0.717) is 18.4 Å². The number of aromatic hydroxyl groups is 2. The van der Waals surface area contributed by atoms with Gasteiger partial charge in [0.15, 0.2) is 11.8 Å². The highest BCUT2D eigenvalue weighted by Gasteiger charge is 2.30. The third kappa shape index (κ3) is 2.75.